The molecule has 628 valence electrons. The average Bonchev–Trinajstić information content (AvgIpc) is 1.64. The summed E-state index contributed by atoms with van der Waals surface area (Å²) in [6.45, 7) is 31.4. The maximum atomic E-state index is 12.1. The highest BCUT2D eigenvalue weighted by Crippen LogP contribution is 2.44. The Kier molecular flexibility index (Phi) is 34.2. The molecule has 5 saturated heterocycles. The van der Waals surface area contributed by atoms with Gasteiger partial charge in [0, 0.05) is 68.6 Å². The van der Waals surface area contributed by atoms with Gasteiger partial charge in [0.25, 0.3) is 23.3 Å². The number of ether oxygens (including phenoxy) is 6. The van der Waals surface area contributed by atoms with Gasteiger partial charge in [0.2, 0.25) is 0 Å². The first-order valence-corrected chi connectivity index (χ1v) is 52.0. The molecule has 9 aliphatic rings. The fraction of sp³-hybridized carbons (Fsp3) is 0.587. The van der Waals surface area contributed by atoms with E-state index in [1.807, 2.05) is 0 Å². The Labute approximate surface area is 663 Å². The minimum atomic E-state index is -1.27. The number of nitrogens with one attached hydrogen (secondary N) is 5. The van der Waals surface area contributed by atoms with Crippen molar-refractivity contribution in [3.63, 3.8) is 0 Å². The molecule has 112 heavy (non-hydrogen) atoms. The molecule has 1 aromatic rings. The summed E-state index contributed by atoms with van der Waals surface area (Å²) in [5, 5.41) is 115. The number of nitrogens with zero attached hydrogens (tertiary/aromatic N) is 5. The lowest BCUT2D eigenvalue weighted by Crippen LogP contribution is -2.48. The number of rotatable bonds is 22. The van der Waals surface area contributed by atoms with Crippen molar-refractivity contribution in [2.24, 2.45) is 7.05 Å². The third-order valence-corrected chi connectivity index (χ3v) is 26.8. The van der Waals surface area contributed by atoms with Gasteiger partial charge in [-0.05, 0) is 149 Å². The second-order valence-corrected chi connectivity index (χ2v) is 54.3. The Morgan fingerprint density at radius 1 is 0.527 bits per heavy atom. The molecule has 0 spiro atoms. The number of hydrogen-bond donors (Lipinski definition) is 15. The van der Waals surface area contributed by atoms with E-state index in [4.69, 9.17) is 40.6 Å². The van der Waals surface area contributed by atoms with Gasteiger partial charge in [0.05, 0.1) is 42.7 Å². The van der Waals surface area contributed by atoms with Crippen LogP contribution >= 0.6 is 46.6 Å². The molecule has 20 atom stereocenters. The van der Waals surface area contributed by atoms with Crippen molar-refractivity contribution in [3.05, 3.63) is 130 Å². The molecule has 0 radical (unpaired) electrons. The largest absolute Gasteiger partial charge is 0.391 e. The van der Waals surface area contributed by atoms with Gasteiger partial charge in [-0.25, -0.2) is 4.79 Å². The Bertz CT molecular complexity index is 4220. The van der Waals surface area contributed by atoms with E-state index in [1.165, 1.54) is 47.6 Å². The number of methoxy groups -OCH3 is 1. The molecular weight excluding hydrogens is 1560 g/mol. The predicted octanol–water partition coefficient (Wildman–Crippen LogP) is -0.0269. The Balaban J connectivity index is 0.000000218. The third-order valence-electron chi connectivity index (χ3n) is 19.3. The maximum absolute atomic E-state index is 12.1. The van der Waals surface area contributed by atoms with Gasteiger partial charge >= 0.3 is 5.69 Å². The van der Waals surface area contributed by atoms with Crippen LogP contribution in [0.1, 0.15) is 45.3 Å². The van der Waals surface area contributed by atoms with Crippen LogP contribution in [0.2, 0.25) is 0 Å². The molecule has 10 rings (SSSR count). The van der Waals surface area contributed by atoms with E-state index in [9.17, 15) is 75.0 Å². The van der Waals surface area contributed by atoms with Crippen LogP contribution in [0.15, 0.2) is 119 Å². The van der Waals surface area contributed by atoms with E-state index in [0.29, 0.717) is 47.9 Å². The monoisotopic (exact) mass is 1680 g/mol. The molecule has 37 heteroatoms. The number of aromatic nitrogens is 2. The van der Waals surface area contributed by atoms with Crippen molar-refractivity contribution >= 4 is 101 Å². The lowest BCUT2D eigenvalue weighted by atomic mass is 9.99. The molecule has 3 amide bonds. The summed E-state index contributed by atoms with van der Waals surface area (Å²) >= 11 is 4.99. The first kappa shape index (κ1) is 95.4. The Morgan fingerprint density at radius 2 is 0.929 bits per heavy atom. The fourth-order valence-electron chi connectivity index (χ4n) is 12.8. The van der Waals surface area contributed by atoms with Crippen LogP contribution in [-0.4, -0.2) is 357 Å². The maximum Gasteiger partial charge on any atom is 0.332 e. The summed E-state index contributed by atoms with van der Waals surface area (Å²) in [5.74, 6) is 5.28. The van der Waals surface area contributed by atoms with Crippen molar-refractivity contribution in [2.45, 2.75) is 162 Å². The van der Waals surface area contributed by atoms with E-state index in [2.05, 4.69) is 163 Å². The van der Waals surface area contributed by atoms with Crippen LogP contribution in [0.3, 0.4) is 0 Å². The van der Waals surface area contributed by atoms with Crippen LogP contribution in [0.5, 0.6) is 0 Å². The van der Waals surface area contributed by atoms with E-state index < -0.39 is 169 Å². The summed E-state index contributed by atoms with van der Waals surface area (Å²) in [5.41, 5.74) is 0.630. The smallest absolute Gasteiger partial charge is 0.332 e. The summed E-state index contributed by atoms with van der Waals surface area (Å²) in [6.07, 6.45) is 21.4. The van der Waals surface area contributed by atoms with E-state index in [0.717, 1.165) is 46.4 Å². The van der Waals surface area contributed by atoms with Crippen LogP contribution in [0, 0.1) is 11.8 Å². The summed E-state index contributed by atoms with van der Waals surface area (Å²) in [6, 6.07) is 1.22. The van der Waals surface area contributed by atoms with Crippen molar-refractivity contribution in [1.82, 2.24) is 50.4 Å². The quantitative estimate of drug-likeness (QED) is 0.0412. The van der Waals surface area contributed by atoms with Gasteiger partial charge in [-0.1, -0.05) is 32.2 Å². The first-order valence-electron chi connectivity index (χ1n) is 36.4. The highest BCUT2D eigenvalue weighted by atomic mass is 32.1. The zero-order chi connectivity index (χ0) is 84.4. The van der Waals surface area contributed by atoms with Crippen LogP contribution in [-0.2, 0) is 49.9 Å². The van der Waals surface area contributed by atoms with Crippen molar-refractivity contribution in [1.29, 1.82) is 0 Å². The molecule has 31 nitrogen and oxygen atoms in total. The summed E-state index contributed by atoms with van der Waals surface area (Å²) in [7, 11) is 2.89. The second kappa shape index (κ2) is 40.1. The topological polar surface area (TPSA) is 423 Å². The molecule has 1 aromatic heterocycles. The van der Waals surface area contributed by atoms with Gasteiger partial charge in [-0.2, -0.15) is 0 Å². The highest BCUT2D eigenvalue weighted by Gasteiger charge is 2.51. The molecule has 0 unspecified atom stereocenters. The summed E-state index contributed by atoms with van der Waals surface area (Å²) < 4.78 is 36.7. The summed E-state index contributed by atoms with van der Waals surface area (Å²) in [4.78, 5) is 63.0. The Hall–Kier alpha value is -5.48. The number of carbonyl (C=O) groups is 3. The second-order valence-electron chi connectivity index (χ2n) is 32.3. The standard InChI is InChI=1S/C17H25N2O4P.C15H25N2O5P.C15H25N2O4P.C14H23N2O5P.C14H23N2O3PS/c1-6-7-12-10-19(11(2)18-16(12)22)17-15(21)14(20)13(23-17)8-9-24(3,4)5;1-9-16-14(21)10(8-18)7-17(9)15-13(20)12(19)11(22-15)5-6-23(2,3)4;1-10-16-12(18)6-8-17(10)15-14(20-2)13(19)11(21-15)7-9-22(3,4)5;1-15-10(17)5-7-16(14(15)20)13-12(19)11(18)9(21-13)6-8-22(2,3)4;1-8-9(7-15-14(21)16-8)13-12(18)11(17)10(19-13)5-6-20(2,3)4/h10,13-15,17,20-21H,2-3,8-9H2,1,4-5H3,(H,18,22);7,11-13,15,18-20H,1-2,5-6,8H2,3-4H3,(H,16,21);6,8,11,13-15,19H,1,3,7,9H2,2,4-5H3,(H,16,18);5,7,9,11-13,18-19H,2,6,8H2,1,3-4H3;7,10-13,17-18H,1-2,5-6H2,3-4H3,(H2,15,16,21)/t13-,14-,15-,17-;11-,12-,13-,15-;11-,13-,14-,15-;9-,11-,12-,13-;10-,11-,12-,13+/m11111/s1. The highest BCUT2D eigenvalue weighted by molar-refractivity contribution is 7.80. The van der Waals surface area contributed by atoms with E-state index in [-0.39, 0.29) is 46.8 Å². The molecule has 0 saturated carbocycles. The fourth-order valence-corrected chi connectivity index (χ4v) is 17.8. The van der Waals surface area contributed by atoms with Crippen molar-refractivity contribution in [2.75, 3.05) is 111 Å². The SMILES string of the molecule is C=C1NC(=O)C(C#CC)=CN1[C@@H]1O[C@H](CCP(=C)(C)C)[C@@H](O)[C@H]1O.C=C1NC(=O)C(CO)=CN1[C@@H]1O[C@H](CCP(=C)(C)C)[C@@H](O)[C@H]1O.C=C1NC(=O)C=CN1[C@@H]1O[C@H](CCP(=C)(C)C)[C@@H](O)[C@H]1OC.C=C1NC(=S)NC=C1[C@@H]1O[C@H](CCP(=C)(C)C)[C@@H](O)[C@H]1O.C=P(C)(C)CC[C@H]1O[C@@H](n2ccc(=O)n(C)c2=O)[C@H](O)[C@@H]1O. The molecule has 0 bridgehead atoms. The molecule has 0 aromatic carbocycles. The van der Waals surface area contributed by atoms with Gasteiger partial charge in [0.1, 0.15) is 90.2 Å². The van der Waals surface area contributed by atoms with E-state index in [1.54, 1.807) is 31.3 Å². The molecule has 9 aliphatic heterocycles. The van der Waals surface area contributed by atoms with Gasteiger partial charge in [0.15, 0.2) is 30.0 Å². The van der Waals surface area contributed by atoms with Crippen molar-refractivity contribution < 1.29 is 93.9 Å². The van der Waals surface area contributed by atoms with Gasteiger partial charge in [-0.3, -0.25) is 28.3 Å². The average molecular weight is 1690 g/mol. The number of carbonyl (C=O) groups excluding carboxylic acids is 3. The van der Waals surface area contributed by atoms with Crippen LogP contribution in [0.25, 0.3) is 0 Å². The number of aliphatic hydroxyl groups excluding tert-OH is 10. The van der Waals surface area contributed by atoms with Crippen LogP contribution in [0.4, 0.5) is 0 Å². The number of hydrogen-bond acceptors (Lipinski definition) is 25. The van der Waals surface area contributed by atoms with Gasteiger partial charge in [-0.15, -0.1) is 71.8 Å². The minimum absolute atomic E-state index is 0.135. The zero-order valence-electron chi connectivity index (χ0n) is 66.6. The minimum Gasteiger partial charge on any atom is -0.391 e. The molecule has 15 N–H and O–H groups in total. The number of aliphatic hydroxyl groups is 10. The molecular formula is C75H121N10O21P5S. The third kappa shape index (κ3) is 26.3. The number of amides is 3. The van der Waals surface area contributed by atoms with Crippen molar-refractivity contribution in [3.8, 4) is 11.8 Å². The molecule has 0 aliphatic carbocycles. The first-order chi connectivity index (χ1) is 51.8. The zero-order valence-corrected chi connectivity index (χ0v) is 71.9. The predicted molar refractivity (Wildman–Crippen MR) is 456 cm³/mol. The Morgan fingerprint density at radius 3 is 1.36 bits per heavy atom. The van der Waals surface area contributed by atoms with Crippen LogP contribution < -0.4 is 37.8 Å². The molecule has 5 fully saturated rings. The van der Waals surface area contributed by atoms with E-state index >= 15 is 0 Å². The lowest BCUT2D eigenvalue weighted by Gasteiger charge is -2.34. The van der Waals surface area contributed by atoms with Gasteiger partial charge < -0.3 is 121 Å². The lowest BCUT2D eigenvalue weighted by molar-refractivity contribution is -0.120. The number of thiocarbonyl (C=S) groups is 1. The normalized spacial score (nSPS) is 31.5. The molecule has 10 heterocycles.